The number of hydrogen-bond donors (Lipinski definition) is 1. The molecule has 7 atom stereocenters. The van der Waals surface area contributed by atoms with Gasteiger partial charge in [0, 0.05) is 29.8 Å². The molecule has 0 radical (unpaired) electrons. The van der Waals surface area contributed by atoms with Crippen LogP contribution in [0.1, 0.15) is 67.7 Å². The number of ether oxygens (including phenoxy) is 4. The minimum Gasteiger partial charge on any atom is -0.482 e. The van der Waals surface area contributed by atoms with Crippen LogP contribution < -0.4 is 0 Å². The Kier molecular flexibility index (Phi) is 6.76. The first-order valence-corrected chi connectivity index (χ1v) is 14.3. The number of rotatable bonds is 5. The van der Waals surface area contributed by atoms with Gasteiger partial charge in [0.15, 0.2) is 0 Å². The predicted octanol–water partition coefficient (Wildman–Crippen LogP) is 4.57. The second-order valence-electron chi connectivity index (χ2n) is 12.3. The van der Waals surface area contributed by atoms with Crippen molar-refractivity contribution in [3.05, 3.63) is 89.0 Å². The molecule has 1 N–H and O–H groups in total. The molecular formula is C33H35NO8. The van der Waals surface area contributed by atoms with Crippen LogP contribution in [0, 0.1) is 16.7 Å². The molecular weight excluding hydrogens is 538 g/mol. The smallest absolute Gasteiger partial charge is 0.374 e. The molecule has 1 aromatic heterocycles. The summed E-state index contributed by atoms with van der Waals surface area (Å²) in [5.41, 5.74) is -1.19. The Labute approximate surface area is 244 Å². The number of cyclic esters (lactones) is 1. The van der Waals surface area contributed by atoms with E-state index in [2.05, 4.69) is 11.1 Å². The van der Waals surface area contributed by atoms with E-state index in [1.54, 1.807) is 55.6 Å². The maximum absolute atomic E-state index is 13.7. The lowest BCUT2D eigenvalue weighted by Gasteiger charge is -2.66. The van der Waals surface area contributed by atoms with Gasteiger partial charge in [0.25, 0.3) is 0 Å². The van der Waals surface area contributed by atoms with E-state index in [1.165, 1.54) is 6.20 Å². The van der Waals surface area contributed by atoms with Crippen LogP contribution in [-0.4, -0.2) is 58.5 Å². The molecule has 0 amide bonds. The molecule has 1 saturated carbocycles. The van der Waals surface area contributed by atoms with Gasteiger partial charge in [-0.1, -0.05) is 43.7 Å². The molecule has 2 aromatic rings. The van der Waals surface area contributed by atoms with Crippen molar-refractivity contribution >= 4 is 17.9 Å². The standard InChI is InChI=1S/C33H35NO8/c1-19-10-8-14-23-31(19,2)27(41-28(36)21-13-9-15-34-17-21)26(35)33(4,42-29(37)20-11-6-5-7-12-20)32(23,3)24-16-22-18-39-30(38)25(22)40-24/h5-7,9-13,15,17,23-24,26-27,35H,8,14,16,18H2,1-4H3. The van der Waals surface area contributed by atoms with Crippen LogP contribution in [0.25, 0.3) is 0 Å². The van der Waals surface area contributed by atoms with Crippen molar-refractivity contribution in [3.8, 4) is 0 Å². The molecule has 4 aliphatic rings. The molecule has 0 bridgehead atoms. The number of aromatic nitrogens is 1. The summed E-state index contributed by atoms with van der Waals surface area (Å²) in [7, 11) is 0. The van der Waals surface area contributed by atoms with Gasteiger partial charge in [-0.25, -0.2) is 14.4 Å². The molecule has 2 aliphatic heterocycles. The molecule has 3 heterocycles. The number of allylic oxidation sites excluding steroid dienone is 1. The fraction of sp³-hybridized carbons (Fsp3) is 0.455. The zero-order valence-electron chi connectivity index (χ0n) is 24.2. The van der Waals surface area contributed by atoms with Crippen LogP contribution in [-0.2, 0) is 23.7 Å². The van der Waals surface area contributed by atoms with Crippen molar-refractivity contribution in [2.75, 3.05) is 6.61 Å². The van der Waals surface area contributed by atoms with Gasteiger partial charge in [-0.2, -0.15) is 0 Å². The summed E-state index contributed by atoms with van der Waals surface area (Å²) in [4.78, 5) is 43.6. The Balaban J connectivity index is 1.48. The molecule has 6 rings (SSSR count). The largest absolute Gasteiger partial charge is 0.482 e. The summed E-state index contributed by atoms with van der Waals surface area (Å²) in [6.45, 7) is 7.79. The van der Waals surface area contributed by atoms with Crippen LogP contribution in [0.15, 0.2) is 77.8 Å². The van der Waals surface area contributed by atoms with Crippen molar-refractivity contribution in [2.24, 2.45) is 16.7 Å². The van der Waals surface area contributed by atoms with Crippen molar-refractivity contribution in [1.29, 1.82) is 0 Å². The van der Waals surface area contributed by atoms with E-state index in [4.69, 9.17) is 18.9 Å². The number of benzene rings is 1. The van der Waals surface area contributed by atoms with Gasteiger partial charge in [-0.3, -0.25) is 4.98 Å². The zero-order valence-corrected chi connectivity index (χ0v) is 24.2. The lowest BCUT2D eigenvalue weighted by atomic mass is 9.42. The van der Waals surface area contributed by atoms with Gasteiger partial charge < -0.3 is 24.1 Å². The normalized spacial score (nSPS) is 35.4. The van der Waals surface area contributed by atoms with Crippen molar-refractivity contribution in [3.63, 3.8) is 0 Å². The molecule has 42 heavy (non-hydrogen) atoms. The molecule has 1 fully saturated rings. The first-order valence-electron chi connectivity index (χ1n) is 14.3. The summed E-state index contributed by atoms with van der Waals surface area (Å²) in [5, 5.41) is 12.4. The fourth-order valence-corrected chi connectivity index (χ4v) is 7.74. The van der Waals surface area contributed by atoms with Crippen molar-refractivity contribution < 1.29 is 38.4 Å². The van der Waals surface area contributed by atoms with Gasteiger partial charge in [-0.05, 0) is 56.9 Å². The van der Waals surface area contributed by atoms with E-state index in [-0.39, 0.29) is 23.8 Å². The summed E-state index contributed by atoms with van der Waals surface area (Å²) in [6, 6.07) is 11.8. The zero-order chi connectivity index (χ0) is 29.9. The van der Waals surface area contributed by atoms with E-state index in [0.717, 1.165) is 17.6 Å². The molecule has 0 saturated heterocycles. The summed E-state index contributed by atoms with van der Waals surface area (Å²) in [6.07, 6.45) is 3.74. The van der Waals surface area contributed by atoms with E-state index in [9.17, 15) is 19.5 Å². The number of pyridine rings is 1. The lowest BCUT2D eigenvalue weighted by Crippen LogP contribution is -2.76. The number of nitrogens with zero attached hydrogens (tertiary/aromatic N) is 1. The van der Waals surface area contributed by atoms with Crippen LogP contribution in [0.3, 0.4) is 0 Å². The maximum Gasteiger partial charge on any atom is 0.374 e. The quantitative estimate of drug-likeness (QED) is 0.312. The number of hydrogen-bond acceptors (Lipinski definition) is 9. The number of fused-ring (bicyclic) bond motifs is 1. The predicted molar refractivity (Wildman–Crippen MR) is 150 cm³/mol. The van der Waals surface area contributed by atoms with Gasteiger partial charge in [-0.15, -0.1) is 0 Å². The Bertz CT molecular complexity index is 1490. The van der Waals surface area contributed by atoms with Gasteiger partial charge >= 0.3 is 17.9 Å². The molecule has 0 spiro atoms. The van der Waals surface area contributed by atoms with Gasteiger partial charge in [0.1, 0.15) is 30.5 Å². The van der Waals surface area contributed by atoms with E-state index >= 15 is 0 Å². The summed E-state index contributed by atoms with van der Waals surface area (Å²) >= 11 is 0. The maximum atomic E-state index is 13.7. The highest BCUT2D eigenvalue weighted by Crippen LogP contribution is 2.66. The molecule has 7 unspecified atom stereocenters. The van der Waals surface area contributed by atoms with E-state index in [0.29, 0.717) is 18.4 Å². The minimum absolute atomic E-state index is 0.149. The Morgan fingerprint density at radius 3 is 2.48 bits per heavy atom. The van der Waals surface area contributed by atoms with Gasteiger partial charge in [0.05, 0.1) is 16.5 Å². The minimum atomic E-state index is -1.60. The number of carbonyl (C=O) groups excluding carboxylic acids is 3. The average molecular weight is 574 g/mol. The fourth-order valence-electron chi connectivity index (χ4n) is 7.74. The average Bonchev–Trinajstić information content (AvgIpc) is 3.58. The van der Waals surface area contributed by atoms with E-state index in [1.807, 2.05) is 20.8 Å². The third-order valence-corrected chi connectivity index (χ3v) is 10.4. The lowest BCUT2D eigenvalue weighted by molar-refractivity contribution is -0.287. The third-order valence-electron chi connectivity index (χ3n) is 10.4. The third kappa shape index (κ3) is 4.01. The highest BCUT2D eigenvalue weighted by molar-refractivity contribution is 5.91. The highest BCUT2D eigenvalue weighted by atomic mass is 16.6. The van der Waals surface area contributed by atoms with Crippen LogP contribution in [0.5, 0.6) is 0 Å². The summed E-state index contributed by atoms with van der Waals surface area (Å²) in [5.74, 6) is -1.85. The Hall–Kier alpha value is -3.98. The number of aliphatic hydroxyl groups is 1. The highest BCUT2D eigenvalue weighted by Gasteiger charge is 2.74. The monoisotopic (exact) mass is 573 g/mol. The molecule has 9 nitrogen and oxygen atoms in total. The molecule has 9 heteroatoms. The van der Waals surface area contributed by atoms with Crippen LogP contribution in [0.2, 0.25) is 0 Å². The van der Waals surface area contributed by atoms with Crippen LogP contribution >= 0.6 is 0 Å². The summed E-state index contributed by atoms with van der Waals surface area (Å²) < 4.78 is 24.1. The second-order valence-corrected chi connectivity index (χ2v) is 12.3. The van der Waals surface area contributed by atoms with E-state index < -0.39 is 52.7 Å². The van der Waals surface area contributed by atoms with Crippen LogP contribution in [0.4, 0.5) is 0 Å². The Morgan fingerprint density at radius 1 is 1.05 bits per heavy atom. The van der Waals surface area contributed by atoms with Crippen molar-refractivity contribution in [1.82, 2.24) is 4.98 Å². The first-order chi connectivity index (χ1) is 20.0. The SMILES string of the molecule is CC1=CCCC2C1(C)C(OC(=O)c1cccnc1)C(O)C(C)(OC(=O)c1ccccc1)C2(C)C1CC2=C(O1)C(=O)OC2. The number of carbonyl (C=O) groups is 3. The first kappa shape index (κ1) is 28.2. The molecule has 2 aliphatic carbocycles. The number of aliphatic hydroxyl groups excluding tert-OH is 1. The van der Waals surface area contributed by atoms with Gasteiger partial charge in [0.2, 0.25) is 5.76 Å². The molecule has 220 valence electrons. The molecule has 1 aromatic carbocycles. The topological polar surface area (TPSA) is 121 Å². The Morgan fingerprint density at radius 2 is 1.79 bits per heavy atom. The number of esters is 3. The van der Waals surface area contributed by atoms with Crippen molar-refractivity contribution in [2.45, 2.75) is 70.9 Å². The second kappa shape index (κ2) is 10.1.